The monoisotopic (exact) mass is 195 g/mol. The van der Waals surface area contributed by atoms with Crippen LogP contribution in [0.2, 0.25) is 5.32 Å². The maximum absolute atomic E-state index is 10.4. The third-order valence-corrected chi connectivity index (χ3v) is 2.82. The molecule has 2 N–H and O–H groups in total. The first-order valence-electron chi connectivity index (χ1n) is 2.36. The molecule has 1 fully saturated rings. The van der Waals surface area contributed by atoms with Crippen molar-refractivity contribution in [2.75, 3.05) is 0 Å². The van der Waals surface area contributed by atoms with Gasteiger partial charge >= 0.3 is 57.1 Å². The minimum absolute atomic E-state index is 0.102. The number of nitrogens with one attached hydrogen (secondary N) is 1. The van der Waals surface area contributed by atoms with Crippen LogP contribution in [0.5, 0.6) is 0 Å². The van der Waals surface area contributed by atoms with E-state index in [9.17, 15) is 9.59 Å². The molecule has 4 nitrogen and oxygen atoms in total. The number of carboxylic acid groups (broad SMARTS) is 1. The number of carbonyl (C=O) groups is 2. The first kappa shape index (κ1) is 6.58. The van der Waals surface area contributed by atoms with Gasteiger partial charge in [0.15, 0.2) is 0 Å². The van der Waals surface area contributed by atoms with E-state index < -0.39 is 12.0 Å². The Bertz CT molecular complexity index is 158. The Labute approximate surface area is 57.8 Å². The van der Waals surface area contributed by atoms with Crippen molar-refractivity contribution in [2.24, 2.45) is 0 Å². The van der Waals surface area contributed by atoms with E-state index in [1.165, 1.54) is 0 Å². The van der Waals surface area contributed by atoms with Crippen molar-refractivity contribution < 1.29 is 14.7 Å². The van der Waals surface area contributed by atoms with Crippen LogP contribution in [0.1, 0.15) is 0 Å². The summed E-state index contributed by atoms with van der Waals surface area (Å²) in [6.45, 7) is 0. The number of carboxylic acids is 1. The zero-order valence-electron chi connectivity index (χ0n) is 4.46. The number of aliphatic carboxylic acids is 1. The molecule has 1 aliphatic rings. The molecule has 1 saturated heterocycles. The molecular formula is C4H5NO3Se. The van der Waals surface area contributed by atoms with Gasteiger partial charge in [-0.15, -0.1) is 0 Å². The molecule has 1 aliphatic heterocycles. The second-order valence-electron chi connectivity index (χ2n) is 1.63. The van der Waals surface area contributed by atoms with E-state index in [2.05, 4.69) is 5.32 Å². The average molecular weight is 194 g/mol. The van der Waals surface area contributed by atoms with Crippen LogP contribution in [0.4, 0.5) is 4.79 Å². The fourth-order valence-electron chi connectivity index (χ4n) is 0.518. The molecular weight excluding hydrogens is 189 g/mol. The van der Waals surface area contributed by atoms with Gasteiger partial charge in [0.1, 0.15) is 0 Å². The molecule has 1 atom stereocenters. The summed E-state index contributed by atoms with van der Waals surface area (Å²) in [6.07, 6.45) is 0. The molecule has 50 valence electrons. The molecule has 0 aromatic heterocycles. The summed E-state index contributed by atoms with van der Waals surface area (Å²) < 4.78 is 0. The van der Waals surface area contributed by atoms with Crippen molar-refractivity contribution >= 4 is 25.7 Å². The average Bonchev–Trinajstić information content (AvgIpc) is 2.14. The molecule has 5 heteroatoms. The van der Waals surface area contributed by atoms with Gasteiger partial charge in [-0.1, -0.05) is 0 Å². The molecule has 0 spiro atoms. The molecule has 0 aromatic carbocycles. The summed E-state index contributed by atoms with van der Waals surface area (Å²) in [6, 6.07) is -0.613. The summed E-state index contributed by atoms with van der Waals surface area (Å²) in [5.74, 6) is -0.928. The van der Waals surface area contributed by atoms with Crippen LogP contribution in [-0.2, 0) is 4.79 Å². The van der Waals surface area contributed by atoms with Gasteiger partial charge < -0.3 is 0 Å². The van der Waals surface area contributed by atoms with Crippen LogP contribution < -0.4 is 5.32 Å². The number of carbonyl (C=O) groups excluding carboxylic acids is 1. The standard InChI is InChI=1S/C4H5NO3Se/c6-3(7)2-1-9-4(8)5-2/h2H,1H2,(H,5,8)(H,6,7). The molecule has 9 heavy (non-hydrogen) atoms. The van der Waals surface area contributed by atoms with Crippen molar-refractivity contribution in [3.05, 3.63) is 0 Å². The van der Waals surface area contributed by atoms with Crippen LogP contribution >= 0.6 is 0 Å². The van der Waals surface area contributed by atoms with Crippen molar-refractivity contribution in [1.29, 1.82) is 0 Å². The van der Waals surface area contributed by atoms with Gasteiger partial charge in [-0.25, -0.2) is 0 Å². The Morgan fingerprint density at radius 1 is 1.89 bits per heavy atom. The van der Waals surface area contributed by atoms with E-state index in [1.54, 1.807) is 0 Å². The molecule has 1 unspecified atom stereocenters. The summed E-state index contributed by atoms with van der Waals surface area (Å²) in [5, 5.41) is 11.2. The van der Waals surface area contributed by atoms with Gasteiger partial charge in [0.2, 0.25) is 0 Å². The van der Waals surface area contributed by atoms with Crippen LogP contribution in [0.3, 0.4) is 0 Å². The Hall–Kier alpha value is -0.541. The molecule has 1 amide bonds. The number of amides is 1. The Morgan fingerprint density at radius 3 is 2.78 bits per heavy atom. The van der Waals surface area contributed by atoms with Gasteiger partial charge in [-0.3, -0.25) is 0 Å². The first-order valence-corrected chi connectivity index (χ1v) is 4.43. The topological polar surface area (TPSA) is 66.4 Å². The van der Waals surface area contributed by atoms with Crippen molar-refractivity contribution in [3.8, 4) is 0 Å². The van der Waals surface area contributed by atoms with E-state index >= 15 is 0 Å². The number of rotatable bonds is 1. The quantitative estimate of drug-likeness (QED) is 0.541. The van der Waals surface area contributed by atoms with E-state index in [0.29, 0.717) is 5.32 Å². The van der Waals surface area contributed by atoms with Gasteiger partial charge in [-0.2, -0.15) is 0 Å². The zero-order chi connectivity index (χ0) is 6.85. The minimum atomic E-state index is -0.928. The van der Waals surface area contributed by atoms with Crippen LogP contribution in [0.15, 0.2) is 0 Å². The number of hydrogen-bond acceptors (Lipinski definition) is 2. The van der Waals surface area contributed by atoms with Crippen molar-refractivity contribution in [1.82, 2.24) is 5.32 Å². The normalized spacial score (nSPS) is 25.8. The predicted octanol–water partition coefficient (Wildman–Crippen LogP) is -0.715. The van der Waals surface area contributed by atoms with E-state index in [4.69, 9.17) is 5.11 Å². The van der Waals surface area contributed by atoms with E-state index in [0.717, 1.165) is 0 Å². The van der Waals surface area contributed by atoms with Gasteiger partial charge in [0, 0.05) is 0 Å². The third-order valence-electron chi connectivity index (χ3n) is 0.971. The summed E-state index contributed by atoms with van der Waals surface area (Å²) in [5.41, 5.74) is 0. The van der Waals surface area contributed by atoms with Crippen LogP contribution in [-0.4, -0.2) is 36.9 Å². The van der Waals surface area contributed by atoms with Gasteiger partial charge in [0.25, 0.3) is 0 Å². The summed E-state index contributed by atoms with van der Waals surface area (Å²) in [4.78, 5) is 20.5. The molecule has 0 saturated carbocycles. The van der Waals surface area contributed by atoms with Gasteiger partial charge in [0.05, 0.1) is 0 Å². The van der Waals surface area contributed by atoms with Crippen molar-refractivity contribution in [3.63, 3.8) is 0 Å². The molecule has 0 aliphatic carbocycles. The summed E-state index contributed by atoms with van der Waals surface area (Å²) >= 11 is -0.150. The zero-order valence-corrected chi connectivity index (χ0v) is 6.17. The van der Waals surface area contributed by atoms with Crippen molar-refractivity contribution in [2.45, 2.75) is 11.4 Å². The first-order chi connectivity index (χ1) is 4.20. The fraction of sp³-hybridized carbons (Fsp3) is 0.500. The van der Waals surface area contributed by atoms with Crippen LogP contribution in [0.25, 0.3) is 0 Å². The van der Waals surface area contributed by atoms with E-state index in [1.807, 2.05) is 0 Å². The molecule has 0 bridgehead atoms. The maximum atomic E-state index is 10.4. The Balaban J connectivity index is 2.48. The van der Waals surface area contributed by atoms with Gasteiger partial charge in [-0.05, 0) is 0 Å². The van der Waals surface area contributed by atoms with E-state index in [-0.39, 0.29) is 19.8 Å². The second kappa shape index (κ2) is 2.37. The SMILES string of the molecule is O=C1NC(C(=O)O)C[Se]1. The molecule has 0 radical (unpaired) electrons. The second-order valence-corrected chi connectivity index (χ2v) is 3.72. The summed E-state index contributed by atoms with van der Waals surface area (Å²) in [7, 11) is 0. The predicted molar refractivity (Wildman–Crippen MR) is 30.5 cm³/mol. The molecule has 1 heterocycles. The fourth-order valence-corrected chi connectivity index (χ4v) is 2.13. The third kappa shape index (κ3) is 1.43. The van der Waals surface area contributed by atoms with Crippen LogP contribution in [0, 0.1) is 0 Å². The Morgan fingerprint density at radius 2 is 2.56 bits per heavy atom. The number of hydrogen-bond donors (Lipinski definition) is 2. The molecule has 1 rings (SSSR count). The Kier molecular flexibility index (Phi) is 1.73. The molecule has 0 aromatic rings.